The molecular weight excluding hydrogens is 308 g/mol. The fraction of sp³-hybridized carbons (Fsp3) is 0.833. The van der Waals surface area contributed by atoms with Crippen molar-refractivity contribution in [1.29, 1.82) is 0 Å². The highest BCUT2D eigenvalue weighted by Gasteiger charge is 2.42. The molecule has 0 aliphatic heterocycles. The summed E-state index contributed by atoms with van der Waals surface area (Å²) in [6, 6.07) is 0. The first-order valence-electron chi connectivity index (χ1n) is 9.16. The van der Waals surface area contributed by atoms with Crippen molar-refractivity contribution in [2.24, 2.45) is 16.6 Å². The molecule has 0 radical (unpaired) electrons. The first-order valence-corrected chi connectivity index (χ1v) is 9.16. The Kier molecular flexibility index (Phi) is 6.24. The van der Waals surface area contributed by atoms with Crippen LogP contribution in [-0.4, -0.2) is 29.4 Å². The number of carbonyl (C=O) groups is 3. The van der Waals surface area contributed by atoms with Crippen LogP contribution in [0.4, 0.5) is 0 Å². The Morgan fingerprint density at radius 3 is 1.92 bits per heavy atom. The van der Waals surface area contributed by atoms with Crippen molar-refractivity contribution < 1.29 is 19.5 Å². The first kappa shape index (κ1) is 18.7. The molecule has 0 spiro atoms. The van der Waals surface area contributed by atoms with Crippen molar-refractivity contribution in [2.45, 2.75) is 77.0 Å². The summed E-state index contributed by atoms with van der Waals surface area (Å²) < 4.78 is 0. The average molecular weight is 338 g/mol. The molecule has 2 rings (SSSR count). The summed E-state index contributed by atoms with van der Waals surface area (Å²) in [5.41, 5.74) is 4.34. The molecule has 0 saturated heterocycles. The summed E-state index contributed by atoms with van der Waals surface area (Å²) in [7, 11) is 0. The van der Waals surface area contributed by atoms with E-state index < -0.39 is 17.3 Å². The molecule has 136 valence electrons. The Morgan fingerprint density at radius 2 is 1.42 bits per heavy atom. The van der Waals surface area contributed by atoms with E-state index in [4.69, 9.17) is 5.73 Å². The van der Waals surface area contributed by atoms with E-state index in [9.17, 15) is 19.5 Å². The van der Waals surface area contributed by atoms with Gasteiger partial charge in [0.15, 0.2) is 0 Å². The van der Waals surface area contributed by atoms with Crippen LogP contribution in [0.15, 0.2) is 0 Å². The van der Waals surface area contributed by atoms with E-state index in [2.05, 4.69) is 5.32 Å². The number of aliphatic carboxylic acids is 1. The maximum atomic E-state index is 12.9. The van der Waals surface area contributed by atoms with Gasteiger partial charge in [0.05, 0.1) is 11.8 Å². The molecule has 2 aliphatic carbocycles. The molecule has 2 saturated carbocycles. The van der Waals surface area contributed by atoms with Gasteiger partial charge in [0.25, 0.3) is 0 Å². The highest BCUT2D eigenvalue weighted by atomic mass is 16.4. The number of carboxylic acid groups (broad SMARTS) is 1. The normalized spacial score (nSPS) is 22.5. The maximum Gasteiger partial charge on any atom is 0.303 e. The third-order valence-electron chi connectivity index (χ3n) is 5.87. The Bertz CT molecular complexity index is 477. The van der Waals surface area contributed by atoms with E-state index in [-0.39, 0.29) is 24.2 Å². The summed E-state index contributed by atoms with van der Waals surface area (Å²) >= 11 is 0. The van der Waals surface area contributed by atoms with Crippen LogP contribution in [0.25, 0.3) is 0 Å². The quantitative estimate of drug-likeness (QED) is 0.662. The summed E-state index contributed by atoms with van der Waals surface area (Å²) in [4.78, 5) is 35.6. The van der Waals surface area contributed by atoms with Gasteiger partial charge in [0.2, 0.25) is 11.8 Å². The Balaban J connectivity index is 2.04. The Labute approximate surface area is 143 Å². The number of primary amides is 1. The van der Waals surface area contributed by atoms with Crippen LogP contribution in [-0.2, 0) is 14.4 Å². The highest BCUT2D eigenvalue weighted by Crippen LogP contribution is 2.41. The lowest BCUT2D eigenvalue weighted by atomic mass is 9.69. The van der Waals surface area contributed by atoms with Gasteiger partial charge in [-0.2, -0.15) is 0 Å². The van der Waals surface area contributed by atoms with Gasteiger partial charge in [-0.3, -0.25) is 14.4 Å². The van der Waals surface area contributed by atoms with Gasteiger partial charge in [-0.05, 0) is 31.1 Å². The van der Waals surface area contributed by atoms with Gasteiger partial charge in [0, 0.05) is 13.0 Å². The number of hydrogen-bond donors (Lipinski definition) is 3. The van der Waals surface area contributed by atoms with Gasteiger partial charge in [-0.25, -0.2) is 0 Å². The molecule has 6 heteroatoms. The van der Waals surface area contributed by atoms with E-state index in [0.29, 0.717) is 19.4 Å². The van der Waals surface area contributed by atoms with Gasteiger partial charge in [0.1, 0.15) is 0 Å². The minimum atomic E-state index is -0.810. The van der Waals surface area contributed by atoms with Crippen molar-refractivity contribution >= 4 is 17.8 Å². The lowest BCUT2D eigenvalue weighted by Gasteiger charge is -2.39. The fourth-order valence-corrected chi connectivity index (χ4v) is 4.54. The molecule has 6 nitrogen and oxygen atoms in total. The molecule has 0 aromatic carbocycles. The van der Waals surface area contributed by atoms with Gasteiger partial charge >= 0.3 is 5.97 Å². The van der Waals surface area contributed by atoms with Gasteiger partial charge < -0.3 is 16.2 Å². The van der Waals surface area contributed by atoms with Crippen LogP contribution < -0.4 is 11.1 Å². The zero-order chi connectivity index (χ0) is 17.6. The van der Waals surface area contributed by atoms with Crippen LogP contribution in [0, 0.1) is 10.8 Å². The van der Waals surface area contributed by atoms with Crippen LogP contribution >= 0.6 is 0 Å². The van der Waals surface area contributed by atoms with E-state index in [1.165, 1.54) is 0 Å². The molecule has 0 atom stereocenters. The number of carbonyl (C=O) groups excluding carboxylic acids is 2. The molecule has 0 heterocycles. The monoisotopic (exact) mass is 338 g/mol. The number of carboxylic acids is 1. The van der Waals surface area contributed by atoms with Crippen molar-refractivity contribution in [2.75, 3.05) is 6.54 Å². The molecule has 0 aromatic rings. The third-order valence-corrected chi connectivity index (χ3v) is 5.87. The molecule has 2 amide bonds. The molecular formula is C18H30N2O4. The first-order chi connectivity index (χ1) is 11.4. The maximum absolute atomic E-state index is 12.9. The zero-order valence-corrected chi connectivity index (χ0v) is 14.4. The second-order valence-electron chi connectivity index (χ2n) is 7.80. The van der Waals surface area contributed by atoms with E-state index in [1.807, 2.05) is 0 Å². The smallest absolute Gasteiger partial charge is 0.303 e. The van der Waals surface area contributed by atoms with E-state index in [0.717, 1.165) is 51.4 Å². The largest absolute Gasteiger partial charge is 0.481 e. The average Bonchev–Trinajstić information content (AvgIpc) is 2.53. The van der Waals surface area contributed by atoms with Crippen LogP contribution in [0.1, 0.15) is 77.0 Å². The molecule has 2 aliphatic rings. The topological polar surface area (TPSA) is 109 Å². The van der Waals surface area contributed by atoms with E-state index in [1.54, 1.807) is 0 Å². The molecule has 0 bridgehead atoms. The summed E-state index contributed by atoms with van der Waals surface area (Å²) in [5, 5.41) is 12.2. The highest BCUT2D eigenvalue weighted by molar-refractivity contribution is 5.88. The van der Waals surface area contributed by atoms with Crippen molar-refractivity contribution in [1.82, 2.24) is 5.32 Å². The standard InChI is InChI=1S/C18H30N2O4/c19-14(21)11-18(9-5-2-6-10-18)16(24)20-13-17(12-15(22)23)7-3-1-4-8-17/h1-13H2,(H2,19,21)(H,20,24)(H,22,23). The van der Waals surface area contributed by atoms with Crippen LogP contribution in [0.5, 0.6) is 0 Å². The summed E-state index contributed by atoms with van der Waals surface area (Å²) in [6.07, 6.45) is 9.32. The minimum absolute atomic E-state index is 0.0881. The second kappa shape index (κ2) is 7.99. The fourth-order valence-electron chi connectivity index (χ4n) is 4.54. The predicted octanol–water partition coefficient (Wildman–Crippen LogP) is 2.35. The molecule has 4 N–H and O–H groups in total. The van der Waals surface area contributed by atoms with Crippen LogP contribution in [0.3, 0.4) is 0 Å². The molecule has 0 unspecified atom stereocenters. The summed E-state index contributed by atoms with van der Waals surface area (Å²) in [6.45, 7) is 0.388. The molecule has 0 aromatic heterocycles. The van der Waals surface area contributed by atoms with E-state index >= 15 is 0 Å². The third kappa shape index (κ3) is 4.71. The number of nitrogens with one attached hydrogen (secondary N) is 1. The minimum Gasteiger partial charge on any atom is -0.481 e. The Hall–Kier alpha value is -1.59. The SMILES string of the molecule is NC(=O)CC1(C(=O)NCC2(CC(=O)O)CCCCC2)CCCCC1. The lowest BCUT2D eigenvalue weighted by Crippen LogP contribution is -2.48. The van der Waals surface area contributed by atoms with Gasteiger partial charge in [-0.15, -0.1) is 0 Å². The number of hydrogen-bond acceptors (Lipinski definition) is 3. The summed E-state index contributed by atoms with van der Waals surface area (Å²) in [5.74, 6) is -1.36. The van der Waals surface area contributed by atoms with Crippen molar-refractivity contribution in [3.8, 4) is 0 Å². The number of nitrogens with two attached hydrogens (primary N) is 1. The zero-order valence-electron chi connectivity index (χ0n) is 14.4. The predicted molar refractivity (Wildman–Crippen MR) is 90.1 cm³/mol. The van der Waals surface area contributed by atoms with Crippen LogP contribution in [0.2, 0.25) is 0 Å². The molecule has 24 heavy (non-hydrogen) atoms. The second-order valence-corrected chi connectivity index (χ2v) is 7.80. The number of rotatable bonds is 7. The molecule has 2 fully saturated rings. The van der Waals surface area contributed by atoms with Gasteiger partial charge in [-0.1, -0.05) is 38.5 Å². The lowest BCUT2D eigenvalue weighted by molar-refractivity contribution is -0.142. The Morgan fingerprint density at radius 1 is 0.875 bits per heavy atom. The van der Waals surface area contributed by atoms with Crippen molar-refractivity contribution in [3.63, 3.8) is 0 Å². The number of amides is 2. The van der Waals surface area contributed by atoms with Crippen molar-refractivity contribution in [3.05, 3.63) is 0 Å².